The number of hydrogen-bond acceptors (Lipinski definition) is 4. The quantitative estimate of drug-likeness (QED) is 0.487. The molecule has 0 spiro atoms. The van der Waals surface area contributed by atoms with E-state index in [4.69, 9.17) is 26.2 Å². The van der Waals surface area contributed by atoms with Gasteiger partial charge >= 0.3 is 5.97 Å². The van der Waals surface area contributed by atoms with Crippen LogP contribution in [0.2, 0.25) is 5.02 Å². The minimum Gasteiger partial charge on any atom is -0.490 e. The normalized spacial score (nSPS) is 11.0. The van der Waals surface area contributed by atoms with Gasteiger partial charge in [-0.3, -0.25) is 0 Å². The zero-order valence-corrected chi connectivity index (χ0v) is 18.0. The second kappa shape index (κ2) is 9.67. The van der Waals surface area contributed by atoms with Crippen molar-refractivity contribution in [2.45, 2.75) is 33.2 Å². The Kier molecular flexibility index (Phi) is 7.00. The molecular formula is C23H25ClN2O4. The van der Waals surface area contributed by atoms with Gasteiger partial charge in [0.25, 0.3) is 0 Å². The van der Waals surface area contributed by atoms with Gasteiger partial charge in [-0.25, -0.2) is 9.48 Å². The molecule has 158 valence electrons. The summed E-state index contributed by atoms with van der Waals surface area (Å²) in [7, 11) is 0. The van der Waals surface area contributed by atoms with Crippen LogP contribution in [0.15, 0.2) is 48.5 Å². The Balaban J connectivity index is 1.72. The summed E-state index contributed by atoms with van der Waals surface area (Å²) in [6.07, 6.45) is 0. The molecule has 0 amide bonds. The van der Waals surface area contributed by atoms with Crippen LogP contribution in [0.4, 0.5) is 0 Å². The molecule has 0 aliphatic carbocycles. The van der Waals surface area contributed by atoms with Gasteiger partial charge in [-0.1, -0.05) is 43.6 Å². The maximum atomic E-state index is 11.0. The van der Waals surface area contributed by atoms with Gasteiger partial charge in [0.2, 0.25) is 5.88 Å². The van der Waals surface area contributed by atoms with E-state index in [1.165, 1.54) is 0 Å². The number of rotatable bonds is 9. The molecule has 1 aromatic heterocycles. The monoisotopic (exact) mass is 428 g/mol. The smallest absolute Gasteiger partial charge is 0.335 e. The van der Waals surface area contributed by atoms with Gasteiger partial charge in [0.05, 0.1) is 29.4 Å². The molecule has 0 atom stereocenters. The van der Waals surface area contributed by atoms with Crippen LogP contribution in [0.1, 0.15) is 42.6 Å². The standard InChI is InChI=1S/C23H25ClN2O4/c1-4-29-22-14-20(16-5-7-17(8-6-16)23(27)28)25-26(22)11-12-30-21-10-9-18(15(2)3)13-19(21)24/h5-10,13-15H,4,11-12H2,1-3H3,(H,27,28). The van der Waals surface area contributed by atoms with Crippen LogP contribution >= 0.6 is 11.6 Å². The number of aromatic carboxylic acids is 1. The highest BCUT2D eigenvalue weighted by Gasteiger charge is 2.12. The first kappa shape index (κ1) is 21.7. The lowest BCUT2D eigenvalue weighted by molar-refractivity contribution is 0.0697. The third kappa shape index (κ3) is 5.13. The first-order valence-electron chi connectivity index (χ1n) is 9.85. The summed E-state index contributed by atoms with van der Waals surface area (Å²) < 4.78 is 13.3. The summed E-state index contributed by atoms with van der Waals surface area (Å²) in [5.41, 5.74) is 2.91. The van der Waals surface area contributed by atoms with Crippen molar-refractivity contribution in [2.75, 3.05) is 13.2 Å². The topological polar surface area (TPSA) is 73.6 Å². The van der Waals surface area contributed by atoms with Crippen molar-refractivity contribution in [2.24, 2.45) is 0 Å². The average Bonchev–Trinajstić information content (AvgIpc) is 3.12. The lowest BCUT2D eigenvalue weighted by atomic mass is 10.0. The molecule has 3 aromatic rings. The largest absolute Gasteiger partial charge is 0.490 e. The third-order valence-electron chi connectivity index (χ3n) is 4.65. The number of carboxylic acids is 1. The highest BCUT2D eigenvalue weighted by molar-refractivity contribution is 6.32. The highest BCUT2D eigenvalue weighted by atomic mass is 35.5. The Morgan fingerprint density at radius 2 is 1.87 bits per heavy atom. The molecule has 0 unspecified atom stereocenters. The van der Waals surface area contributed by atoms with Gasteiger partial charge in [-0.05, 0) is 42.7 Å². The van der Waals surface area contributed by atoms with E-state index in [0.29, 0.717) is 48.0 Å². The Morgan fingerprint density at radius 3 is 2.47 bits per heavy atom. The molecule has 1 heterocycles. The summed E-state index contributed by atoms with van der Waals surface area (Å²) in [6.45, 7) is 7.50. The summed E-state index contributed by atoms with van der Waals surface area (Å²) in [5.74, 6) is 0.701. The fourth-order valence-electron chi connectivity index (χ4n) is 2.98. The van der Waals surface area contributed by atoms with Crippen LogP contribution in [-0.4, -0.2) is 34.1 Å². The van der Waals surface area contributed by atoms with Crippen molar-refractivity contribution in [3.05, 3.63) is 64.7 Å². The number of carbonyl (C=O) groups is 1. The van der Waals surface area contributed by atoms with E-state index < -0.39 is 5.97 Å². The van der Waals surface area contributed by atoms with Gasteiger partial charge in [0.15, 0.2) is 0 Å². The van der Waals surface area contributed by atoms with Crippen LogP contribution in [-0.2, 0) is 6.54 Å². The van der Waals surface area contributed by atoms with E-state index in [2.05, 4.69) is 18.9 Å². The minimum atomic E-state index is -0.959. The van der Waals surface area contributed by atoms with Crippen molar-refractivity contribution < 1.29 is 19.4 Å². The average molecular weight is 429 g/mol. The van der Waals surface area contributed by atoms with Gasteiger partial charge < -0.3 is 14.6 Å². The molecule has 0 bridgehead atoms. The predicted molar refractivity (Wildman–Crippen MR) is 117 cm³/mol. The first-order valence-corrected chi connectivity index (χ1v) is 10.2. The Labute approximate surface area is 181 Å². The molecule has 0 fully saturated rings. The number of ether oxygens (including phenoxy) is 2. The number of hydrogen-bond donors (Lipinski definition) is 1. The molecule has 0 aliphatic heterocycles. The van der Waals surface area contributed by atoms with Crippen LogP contribution in [0.3, 0.4) is 0 Å². The molecule has 2 aromatic carbocycles. The van der Waals surface area contributed by atoms with E-state index in [-0.39, 0.29) is 5.56 Å². The van der Waals surface area contributed by atoms with E-state index in [1.54, 1.807) is 28.9 Å². The number of nitrogens with zero attached hydrogens (tertiary/aromatic N) is 2. The van der Waals surface area contributed by atoms with Crippen LogP contribution in [0.5, 0.6) is 11.6 Å². The molecule has 0 aliphatic rings. The molecule has 1 N–H and O–H groups in total. The molecular weight excluding hydrogens is 404 g/mol. The number of aromatic nitrogens is 2. The molecule has 0 saturated heterocycles. The van der Waals surface area contributed by atoms with Gasteiger partial charge in [-0.15, -0.1) is 0 Å². The zero-order chi connectivity index (χ0) is 21.7. The van der Waals surface area contributed by atoms with Gasteiger partial charge in [0.1, 0.15) is 12.4 Å². The summed E-state index contributed by atoms with van der Waals surface area (Å²) >= 11 is 6.34. The third-order valence-corrected chi connectivity index (χ3v) is 4.94. The van der Waals surface area contributed by atoms with E-state index in [9.17, 15) is 4.79 Å². The summed E-state index contributed by atoms with van der Waals surface area (Å²) in [5, 5.41) is 14.2. The molecule has 6 nitrogen and oxygen atoms in total. The van der Waals surface area contributed by atoms with E-state index >= 15 is 0 Å². The summed E-state index contributed by atoms with van der Waals surface area (Å²) in [4.78, 5) is 11.0. The Hall–Kier alpha value is -2.99. The maximum Gasteiger partial charge on any atom is 0.335 e. The Morgan fingerprint density at radius 1 is 1.13 bits per heavy atom. The highest BCUT2D eigenvalue weighted by Crippen LogP contribution is 2.29. The van der Waals surface area contributed by atoms with Crippen LogP contribution in [0.25, 0.3) is 11.3 Å². The molecule has 30 heavy (non-hydrogen) atoms. The van der Waals surface area contributed by atoms with E-state index in [1.807, 2.05) is 31.2 Å². The number of halogens is 1. The number of carboxylic acid groups (broad SMARTS) is 1. The molecule has 0 saturated carbocycles. The molecule has 3 rings (SSSR count). The zero-order valence-electron chi connectivity index (χ0n) is 17.3. The van der Waals surface area contributed by atoms with Crippen molar-refractivity contribution >= 4 is 17.6 Å². The molecule has 7 heteroatoms. The van der Waals surface area contributed by atoms with Crippen molar-refractivity contribution in [1.29, 1.82) is 0 Å². The first-order chi connectivity index (χ1) is 14.4. The van der Waals surface area contributed by atoms with Gasteiger partial charge in [-0.2, -0.15) is 5.10 Å². The maximum absolute atomic E-state index is 11.0. The summed E-state index contributed by atoms with van der Waals surface area (Å²) in [6, 6.07) is 14.3. The minimum absolute atomic E-state index is 0.233. The van der Waals surface area contributed by atoms with E-state index in [0.717, 1.165) is 11.1 Å². The molecule has 0 radical (unpaired) electrons. The SMILES string of the molecule is CCOc1cc(-c2ccc(C(=O)O)cc2)nn1CCOc1ccc(C(C)C)cc1Cl. The van der Waals surface area contributed by atoms with Gasteiger partial charge in [0, 0.05) is 11.6 Å². The van der Waals surface area contributed by atoms with Crippen molar-refractivity contribution in [3.8, 4) is 22.9 Å². The second-order valence-corrected chi connectivity index (χ2v) is 7.51. The van der Waals surface area contributed by atoms with Crippen molar-refractivity contribution in [3.63, 3.8) is 0 Å². The lowest BCUT2D eigenvalue weighted by Gasteiger charge is -2.12. The number of benzene rings is 2. The predicted octanol–water partition coefficient (Wildman–Crippen LogP) is 5.50. The fourth-order valence-corrected chi connectivity index (χ4v) is 3.23. The fraction of sp³-hybridized carbons (Fsp3) is 0.304. The van der Waals surface area contributed by atoms with Crippen LogP contribution in [0, 0.1) is 0 Å². The van der Waals surface area contributed by atoms with Crippen molar-refractivity contribution in [1.82, 2.24) is 9.78 Å². The lowest BCUT2D eigenvalue weighted by Crippen LogP contribution is -2.12. The second-order valence-electron chi connectivity index (χ2n) is 7.10. The Bertz CT molecular complexity index is 1010. The van der Waals surface area contributed by atoms with Crippen LogP contribution < -0.4 is 9.47 Å².